The summed E-state index contributed by atoms with van der Waals surface area (Å²) in [4.78, 5) is 11.6. The molecule has 1 rings (SSSR count). The Balaban J connectivity index is 2.01. The highest BCUT2D eigenvalue weighted by Gasteiger charge is 2.01. The molecule has 0 aromatic heterocycles. The van der Waals surface area contributed by atoms with Crippen LogP contribution in [0.3, 0.4) is 0 Å². The molecule has 1 N–H and O–H groups in total. The van der Waals surface area contributed by atoms with Crippen molar-refractivity contribution in [2.24, 2.45) is 0 Å². The summed E-state index contributed by atoms with van der Waals surface area (Å²) in [5, 5.41) is 2.91. The molecule has 4 heteroatoms. The van der Waals surface area contributed by atoms with Crippen LogP contribution in [0.25, 0.3) is 0 Å². The molecule has 20 heavy (non-hydrogen) atoms. The molecule has 0 radical (unpaired) electrons. The molecule has 0 saturated heterocycles. The maximum absolute atomic E-state index is 11.6. The lowest BCUT2D eigenvalue weighted by molar-refractivity contribution is -0.121. The summed E-state index contributed by atoms with van der Waals surface area (Å²) in [6, 6.07) is 8.30. The van der Waals surface area contributed by atoms with Crippen LogP contribution in [-0.2, 0) is 20.7 Å². The fourth-order valence-electron chi connectivity index (χ4n) is 1.75. The number of carbonyl (C=O) groups excluding carboxylic acids is 1. The zero-order valence-corrected chi connectivity index (χ0v) is 12.5. The summed E-state index contributed by atoms with van der Waals surface area (Å²) in [5.74, 6) is 0.0995. The lowest BCUT2D eigenvalue weighted by Gasteiger charge is -2.06. The van der Waals surface area contributed by atoms with Gasteiger partial charge >= 0.3 is 0 Å². The highest BCUT2D eigenvalue weighted by molar-refractivity contribution is 5.76. The first-order chi connectivity index (χ1) is 9.72. The van der Waals surface area contributed by atoms with Gasteiger partial charge in [-0.05, 0) is 25.3 Å². The van der Waals surface area contributed by atoms with Gasteiger partial charge < -0.3 is 14.8 Å². The Labute approximate surface area is 121 Å². The van der Waals surface area contributed by atoms with Gasteiger partial charge in [0.1, 0.15) is 0 Å². The fourth-order valence-corrected chi connectivity index (χ4v) is 1.75. The zero-order valence-electron chi connectivity index (χ0n) is 12.5. The Morgan fingerprint density at radius 3 is 2.60 bits per heavy atom. The first-order valence-electron chi connectivity index (χ1n) is 7.11. The Hall–Kier alpha value is -1.39. The molecule has 4 nitrogen and oxygen atoms in total. The molecule has 1 aromatic carbocycles. The second-order valence-electron chi connectivity index (χ2n) is 4.79. The molecule has 0 heterocycles. The number of ether oxygens (including phenoxy) is 2. The molecule has 112 valence electrons. The van der Waals surface area contributed by atoms with E-state index in [-0.39, 0.29) is 5.91 Å². The molecular weight excluding hydrogens is 254 g/mol. The quantitative estimate of drug-likeness (QED) is 0.667. The Morgan fingerprint density at radius 1 is 1.15 bits per heavy atom. The summed E-state index contributed by atoms with van der Waals surface area (Å²) in [7, 11) is 1.65. The van der Waals surface area contributed by atoms with Gasteiger partial charge in [0.2, 0.25) is 5.91 Å². The molecule has 0 atom stereocenters. The van der Waals surface area contributed by atoms with E-state index >= 15 is 0 Å². The number of methoxy groups -OCH3 is 1. The van der Waals surface area contributed by atoms with Crippen molar-refractivity contribution in [1.82, 2.24) is 5.32 Å². The summed E-state index contributed by atoms with van der Waals surface area (Å²) in [5.41, 5.74) is 2.44. The van der Waals surface area contributed by atoms with Gasteiger partial charge in [-0.3, -0.25) is 4.79 Å². The Morgan fingerprint density at radius 2 is 1.90 bits per heavy atom. The van der Waals surface area contributed by atoms with Gasteiger partial charge in [-0.2, -0.15) is 0 Å². The first-order valence-corrected chi connectivity index (χ1v) is 7.11. The van der Waals surface area contributed by atoms with Crippen LogP contribution < -0.4 is 5.32 Å². The van der Waals surface area contributed by atoms with Gasteiger partial charge in [-0.25, -0.2) is 0 Å². The van der Waals surface area contributed by atoms with E-state index in [1.807, 2.05) is 0 Å². The zero-order chi connectivity index (χ0) is 14.6. The molecule has 0 spiro atoms. The van der Waals surface area contributed by atoms with Crippen LogP contribution in [0.5, 0.6) is 0 Å². The topological polar surface area (TPSA) is 47.6 Å². The molecule has 1 amide bonds. The summed E-state index contributed by atoms with van der Waals surface area (Å²) in [6.45, 7) is 4.60. The van der Waals surface area contributed by atoms with Gasteiger partial charge in [0, 0.05) is 26.7 Å². The summed E-state index contributed by atoms with van der Waals surface area (Å²) >= 11 is 0. The maximum Gasteiger partial charge on any atom is 0.220 e. The van der Waals surface area contributed by atoms with Crippen molar-refractivity contribution < 1.29 is 14.3 Å². The fraction of sp³-hybridized carbons (Fsp3) is 0.562. The van der Waals surface area contributed by atoms with Crippen LogP contribution in [0.1, 0.15) is 24.0 Å². The maximum atomic E-state index is 11.6. The molecule has 0 fully saturated rings. The lowest BCUT2D eigenvalue weighted by atomic mass is 10.1. The minimum absolute atomic E-state index is 0.0995. The van der Waals surface area contributed by atoms with Crippen LogP contribution in [0, 0.1) is 6.92 Å². The standard InChI is InChI=1S/C16H25NO3/c1-14-4-6-15(7-5-14)8-9-16(18)17-10-3-11-20-13-12-19-2/h4-7H,3,8-13H2,1-2H3,(H,17,18). The second kappa shape index (κ2) is 10.4. The van der Waals surface area contributed by atoms with E-state index in [2.05, 4.69) is 36.5 Å². The van der Waals surface area contributed by atoms with Crippen LogP contribution in [0.4, 0.5) is 0 Å². The number of nitrogens with one attached hydrogen (secondary N) is 1. The largest absolute Gasteiger partial charge is 0.382 e. The monoisotopic (exact) mass is 279 g/mol. The van der Waals surface area contributed by atoms with Crippen molar-refractivity contribution in [2.45, 2.75) is 26.2 Å². The highest BCUT2D eigenvalue weighted by atomic mass is 16.5. The van der Waals surface area contributed by atoms with Crippen LogP contribution in [0.15, 0.2) is 24.3 Å². The molecule has 0 aliphatic heterocycles. The van der Waals surface area contributed by atoms with Crippen molar-refractivity contribution in [1.29, 1.82) is 0 Å². The molecule has 0 aliphatic carbocycles. The van der Waals surface area contributed by atoms with Crippen molar-refractivity contribution in [3.8, 4) is 0 Å². The van der Waals surface area contributed by atoms with Gasteiger partial charge in [0.15, 0.2) is 0 Å². The number of benzene rings is 1. The van der Waals surface area contributed by atoms with E-state index in [0.717, 1.165) is 12.8 Å². The molecule has 0 saturated carbocycles. The van der Waals surface area contributed by atoms with Crippen molar-refractivity contribution in [3.63, 3.8) is 0 Å². The molecule has 1 aromatic rings. The number of hydrogen-bond donors (Lipinski definition) is 1. The Kier molecular flexibility index (Phi) is 8.67. The first kappa shape index (κ1) is 16.7. The van der Waals surface area contributed by atoms with Crippen molar-refractivity contribution in [3.05, 3.63) is 35.4 Å². The highest BCUT2D eigenvalue weighted by Crippen LogP contribution is 2.05. The van der Waals surface area contributed by atoms with E-state index in [0.29, 0.717) is 32.8 Å². The smallest absolute Gasteiger partial charge is 0.220 e. The number of rotatable bonds is 10. The Bertz CT molecular complexity index is 376. The SMILES string of the molecule is COCCOCCCNC(=O)CCc1ccc(C)cc1. The predicted molar refractivity (Wildman–Crippen MR) is 79.8 cm³/mol. The minimum Gasteiger partial charge on any atom is -0.382 e. The van der Waals surface area contributed by atoms with Gasteiger partial charge in [0.05, 0.1) is 13.2 Å². The second-order valence-corrected chi connectivity index (χ2v) is 4.79. The average Bonchev–Trinajstić information content (AvgIpc) is 2.46. The predicted octanol–water partition coefficient (Wildman–Crippen LogP) is 2.10. The molecule has 0 unspecified atom stereocenters. The van der Waals surface area contributed by atoms with Crippen molar-refractivity contribution in [2.75, 3.05) is 33.5 Å². The van der Waals surface area contributed by atoms with Crippen LogP contribution in [-0.4, -0.2) is 39.4 Å². The number of hydrogen-bond acceptors (Lipinski definition) is 3. The summed E-state index contributed by atoms with van der Waals surface area (Å²) in [6.07, 6.45) is 2.16. The van der Waals surface area contributed by atoms with Gasteiger partial charge in [-0.15, -0.1) is 0 Å². The van der Waals surface area contributed by atoms with E-state index in [4.69, 9.17) is 9.47 Å². The number of amides is 1. The van der Waals surface area contributed by atoms with E-state index in [1.54, 1.807) is 7.11 Å². The van der Waals surface area contributed by atoms with Crippen LogP contribution >= 0.6 is 0 Å². The van der Waals surface area contributed by atoms with Crippen LogP contribution in [0.2, 0.25) is 0 Å². The lowest BCUT2D eigenvalue weighted by Crippen LogP contribution is -2.25. The third-order valence-electron chi connectivity index (χ3n) is 2.98. The van der Waals surface area contributed by atoms with Crippen molar-refractivity contribution >= 4 is 5.91 Å². The average molecular weight is 279 g/mol. The molecular formula is C16H25NO3. The van der Waals surface area contributed by atoms with E-state index in [9.17, 15) is 4.79 Å². The normalized spacial score (nSPS) is 10.5. The number of carbonyl (C=O) groups is 1. The van der Waals surface area contributed by atoms with E-state index in [1.165, 1.54) is 11.1 Å². The third-order valence-corrected chi connectivity index (χ3v) is 2.98. The molecule has 0 bridgehead atoms. The minimum atomic E-state index is 0.0995. The van der Waals surface area contributed by atoms with Gasteiger partial charge in [-0.1, -0.05) is 29.8 Å². The molecule has 0 aliphatic rings. The third kappa shape index (κ3) is 7.92. The van der Waals surface area contributed by atoms with Gasteiger partial charge in [0.25, 0.3) is 0 Å². The van der Waals surface area contributed by atoms with E-state index < -0.39 is 0 Å². The summed E-state index contributed by atoms with van der Waals surface area (Å²) < 4.78 is 10.2. The number of aryl methyl sites for hydroxylation is 2.